The van der Waals surface area contributed by atoms with Gasteiger partial charge in [0.15, 0.2) is 0 Å². The van der Waals surface area contributed by atoms with Crippen molar-refractivity contribution in [1.29, 1.82) is 0 Å². The van der Waals surface area contributed by atoms with Gasteiger partial charge in [-0.05, 0) is 30.8 Å². The summed E-state index contributed by atoms with van der Waals surface area (Å²) in [4.78, 5) is 0. The molecule has 0 aliphatic carbocycles. The van der Waals surface area contributed by atoms with Crippen LogP contribution >= 0.6 is 0 Å². The van der Waals surface area contributed by atoms with Crippen molar-refractivity contribution in [3.8, 4) is 0 Å². The Kier molecular flexibility index (Phi) is 4.86. The highest BCUT2D eigenvalue weighted by atomic mass is 28.4. The Bertz CT molecular complexity index is 557. The lowest BCUT2D eigenvalue weighted by Gasteiger charge is -2.23. The van der Waals surface area contributed by atoms with Crippen LogP contribution in [-0.2, 0) is 9.16 Å². The topological polar surface area (TPSA) is 18.5 Å². The lowest BCUT2D eigenvalue weighted by molar-refractivity contribution is 0.150. The summed E-state index contributed by atoms with van der Waals surface area (Å²) in [6.07, 6.45) is 0. The zero-order valence-electron chi connectivity index (χ0n) is 13.1. The molecule has 0 amide bonds. The summed E-state index contributed by atoms with van der Waals surface area (Å²) in [5.74, 6) is 0.603. The zero-order chi connectivity index (χ0) is 15.3. The minimum Gasteiger partial charge on any atom is -0.519 e. The third kappa shape index (κ3) is 4.23. The molecule has 0 aromatic heterocycles. The van der Waals surface area contributed by atoms with Crippen LogP contribution in [0.2, 0.25) is 19.6 Å². The van der Waals surface area contributed by atoms with E-state index in [1.54, 1.807) is 7.11 Å². The van der Waals surface area contributed by atoms with Gasteiger partial charge in [-0.2, -0.15) is 0 Å². The highest BCUT2D eigenvalue weighted by Crippen LogP contribution is 2.29. The maximum atomic E-state index is 6.15. The summed E-state index contributed by atoms with van der Waals surface area (Å²) in [7, 11) is -0.0847. The van der Waals surface area contributed by atoms with Crippen molar-refractivity contribution in [3.63, 3.8) is 0 Å². The summed E-state index contributed by atoms with van der Waals surface area (Å²) >= 11 is 0. The summed E-state index contributed by atoms with van der Waals surface area (Å²) < 4.78 is 11.7. The number of rotatable bonds is 5. The first kappa shape index (κ1) is 15.4. The molecule has 0 bridgehead atoms. The zero-order valence-corrected chi connectivity index (χ0v) is 14.1. The van der Waals surface area contributed by atoms with Gasteiger partial charge in [0.05, 0.1) is 12.7 Å². The van der Waals surface area contributed by atoms with Crippen molar-refractivity contribution in [3.05, 3.63) is 77.7 Å². The number of hydrogen-bond donors (Lipinski definition) is 0. The van der Waals surface area contributed by atoms with E-state index in [1.807, 2.05) is 36.4 Å². The first-order valence-corrected chi connectivity index (χ1v) is 10.5. The minimum atomic E-state index is -1.75. The van der Waals surface area contributed by atoms with Crippen LogP contribution in [0.4, 0.5) is 0 Å². The Morgan fingerprint density at radius 3 is 1.52 bits per heavy atom. The average molecular weight is 298 g/mol. The maximum absolute atomic E-state index is 6.15. The van der Waals surface area contributed by atoms with Gasteiger partial charge in [0.1, 0.15) is 0 Å². The standard InChI is InChI=1S/C18H22O2Si/c1-19-18(20-21(2,3)4)17(15-11-7-5-8-12-15)16-13-9-6-10-14-16/h5-14H,1-4H3. The van der Waals surface area contributed by atoms with Crippen molar-refractivity contribution < 1.29 is 9.16 Å². The van der Waals surface area contributed by atoms with E-state index in [2.05, 4.69) is 43.9 Å². The van der Waals surface area contributed by atoms with E-state index in [0.29, 0.717) is 5.95 Å². The SMILES string of the molecule is COC(O[Si](C)(C)C)=C(c1ccccc1)c1ccccc1. The molecule has 0 aliphatic rings. The van der Waals surface area contributed by atoms with Gasteiger partial charge in [0.25, 0.3) is 5.95 Å². The number of benzene rings is 2. The van der Waals surface area contributed by atoms with Gasteiger partial charge in [-0.25, -0.2) is 0 Å². The maximum Gasteiger partial charge on any atom is 0.273 e. The molecule has 0 saturated carbocycles. The van der Waals surface area contributed by atoms with E-state index in [0.717, 1.165) is 16.7 Å². The van der Waals surface area contributed by atoms with Gasteiger partial charge < -0.3 is 9.16 Å². The predicted molar refractivity (Wildman–Crippen MR) is 90.3 cm³/mol. The third-order valence-electron chi connectivity index (χ3n) is 2.91. The first-order chi connectivity index (χ1) is 10.0. The molecule has 3 heteroatoms. The summed E-state index contributed by atoms with van der Waals surface area (Å²) in [6, 6.07) is 20.4. The smallest absolute Gasteiger partial charge is 0.273 e. The van der Waals surface area contributed by atoms with Crippen LogP contribution in [0, 0.1) is 0 Å². The third-order valence-corrected chi connectivity index (χ3v) is 3.71. The molecule has 110 valence electrons. The quantitative estimate of drug-likeness (QED) is 0.577. The molecule has 0 aliphatic heterocycles. The van der Waals surface area contributed by atoms with Crippen LogP contribution in [0.15, 0.2) is 66.6 Å². The molecule has 0 N–H and O–H groups in total. The molecule has 0 saturated heterocycles. The lowest BCUT2D eigenvalue weighted by Crippen LogP contribution is -2.26. The Morgan fingerprint density at radius 2 is 1.19 bits per heavy atom. The molecule has 0 fully saturated rings. The van der Waals surface area contributed by atoms with Crippen LogP contribution in [0.25, 0.3) is 5.57 Å². The van der Waals surface area contributed by atoms with Crippen LogP contribution in [0.5, 0.6) is 0 Å². The summed E-state index contributed by atoms with van der Waals surface area (Å²) in [5, 5.41) is 0. The number of ether oxygens (including phenoxy) is 1. The molecule has 0 radical (unpaired) electrons. The average Bonchev–Trinajstić information content (AvgIpc) is 2.47. The molecular weight excluding hydrogens is 276 g/mol. The first-order valence-electron chi connectivity index (χ1n) is 7.09. The summed E-state index contributed by atoms with van der Waals surface area (Å²) in [6.45, 7) is 6.46. The van der Waals surface area contributed by atoms with E-state index in [9.17, 15) is 0 Å². The fraction of sp³-hybridized carbons (Fsp3) is 0.222. The van der Waals surface area contributed by atoms with E-state index < -0.39 is 8.32 Å². The monoisotopic (exact) mass is 298 g/mol. The molecule has 0 unspecified atom stereocenters. The Balaban J connectivity index is 2.60. The minimum absolute atomic E-state index is 0.603. The van der Waals surface area contributed by atoms with E-state index >= 15 is 0 Å². The second kappa shape index (κ2) is 6.63. The van der Waals surface area contributed by atoms with Gasteiger partial charge in [-0.15, -0.1) is 0 Å². The molecule has 2 nitrogen and oxygen atoms in total. The van der Waals surface area contributed by atoms with Crippen molar-refractivity contribution in [2.45, 2.75) is 19.6 Å². The normalized spacial score (nSPS) is 10.9. The Hall–Kier alpha value is -2.00. The van der Waals surface area contributed by atoms with Gasteiger partial charge in [-0.3, -0.25) is 0 Å². The highest BCUT2D eigenvalue weighted by molar-refractivity contribution is 6.70. The van der Waals surface area contributed by atoms with Gasteiger partial charge in [-0.1, -0.05) is 60.7 Å². The van der Waals surface area contributed by atoms with Crippen LogP contribution in [0.3, 0.4) is 0 Å². The lowest BCUT2D eigenvalue weighted by atomic mass is 9.99. The van der Waals surface area contributed by atoms with Crippen LogP contribution in [-0.4, -0.2) is 15.4 Å². The molecule has 0 atom stereocenters. The van der Waals surface area contributed by atoms with Crippen molar-refractivity contribution in [1.82, 2.24) is 0 Å². The van der Waals surface area contributed by atoms with Crippen molar-refractivity contribution in [2.75, 3.05) is 7.11 Å². The van der Waals surface area contributed by atoms with Gasteiger partial charge in [0.2, 0.25) is 8.32 Å². The molecule has 2 aromatic carbocycles. The molecule has 2 rings (SSSR count). The molecular formula is C18H22O2Si. The molecule has 2 aromatic rings. The van der Waals surface area contributed by atoms with E-state index in [4.69, 9.17) is 9.16 Å². The second-order valence-corrected chi connectivity index (χ2v) is 10.2. The van der Waals surface area contributed by atoms with E-state index in [1.165, 1.54) is 0 Å². The Morgan fingerprint density at radius 1 is 0.762 bits per heavy atom. The second-order valence-electron chi connectivity index (χ2n) is 5.81. The fourth-order valence-corrected chi connectivity index (χ4v) is 2.83. The fourth-order valence-electron chi connectivity index (χ4n) is 2.08. The number of methoxy groups -OCH3 is 1. The largest absolute Gasteiger partial charge is 0.519 e. The van der Waals surface area contributed by atoms with Crippen LogP contribution < -0.4 is 0 Å². The van der Waals surface area contributed by atoms with Crippen molar-refractivity contribution in [2.24, 2.45) is 0 Å². The highest BCUT2D eigenvalue weighted by Gasteiger charge is 2.22. The summed E-state index contributed by atoms with van der Waals surface area (Å²) in [5.41, 5.74) is 3.19. The predicted octanol–water partition coefficient (Wildman–Crippen LogP) is 4.90. The van der Waals surface area contributed by atoms with E-state index in [-0.39, 0.29) is 0 Å². The van der Waals surface area contributed by atoms with Gasteiger partial charge >= 0.3 is 0 Å². The number of hydrogen-bond acceptors (Lipinski definition) is 2. The van der Waals surface area contributed by atoms with Crippen LogP contribution in [0.1, 0.15) is 11.1 Å². The van der Waals surface area contributed by atoms with Crippen molar-refractivity contribution >= 4 is 13.9 Å². The Labute approximate surface area is 128 Å². The molecule has 0 spiro atoms. The van der Waals surface area contributed by atoms with Gasteiger partial charge in [0, 0.05) is 0 Å². The molecule has 0 heterocycles. The molecule has 21 heavy (non-hydrogen) atoms.